The molecule has 3 unspecified atom stereocenters. The highest BCUT2D eigenvalue weighted by Gasteiger charge is 2.62. The Labute approximate surface area is 417 Å². The minimum atomic E-state index is -0.606. The molecule has 6 aliphatic carbocycles. The molecule has 3 atom stereocenters. The molecule has 0 saturated carbocycles. The third-order valence-corrected chi connectivity index (χ3v) is 16.8. The van der Waals surface area contributed by atoms with Gasteiger partial charge in [0.25, 0.3) is 0 Å². The molecule has 6 aliphatic rings. The van der Waals surface area contributed by atoms with E-state index in [0.29, 0.717) is 11.8 Å². The van der Waals surface area contributed by atoms with Crippen LogP contribution in [0.1, 0.15) is 116 Å². The van der Waals surface area contributed by atoms with Gasteiger partial charge in [-0.1, -0.05) is 167 Å². The fourth-order valence-corrected chi connectivity index (χ4v) is 13.6. The number of rotatable bonds is 8. The lowest BCUT2D eigenvalue weighted by molar-refractivity contribution is 0.391. The second-order valence-electron chi connectivity index (χ2n) is 21.2. The number of hydrogen-bond acceptors (Lipinski definition) is 4. The molecule has 8 aromatic rings. The Morgan fingerprint density at radius 1 is 0.676 bits per heavy atom. The topological polar surface area (TPSA) is 32.8 Å². The molecule has 4 heteroatoms. The summed E-state index contributed by atoms with van der Waals surface area (Å²) in [4.78, 5) is 5.22. The van der Waals surface area contributed by atoms with Gasteiger partial charge in [-0.25, -0.2) is 0 Å². The molecule has 0 saturated heterocycles. The zero-order valence-corrected chi connectivity index (χ0v) is 41.0. The van der Waals surface area contributed by atoms with Crippen LogP contribution in [-0.2, 0) is 11.8 Å². The molecule has 348 valence electrons. The first-order chi connectivity index (χ1) is 34.9. The normalized spacial score (nSPS) is 19.9. The van der Waals surface area contributed by atoms with Crippen LogP contribution in [0, 0.1) is 11.8 Å². The molecule has 71 heavy (non-hydrogen) atoms. The van der Waals surface area contributed by atoms with Crippen molar-refractivity contribution in [2.24, 2.45) is 11.8 Å². The molecule has 2 heterocycles. The van der Waals surface area contributed by atoms with E-state index in [1.807, 2.05) is 0 Å². The second kappa shape index (κ2) is 16.2. The molecule has 14 rings (SSSR count). The number of nitrogens with zero attached hydrogens (tertiary/aromatic N) is 2. The first-order valence-corrected chi connectivity index (χ1v) is 26.1. The van der Waals surface area contributed by atoms with E-state index < -0.39 is 5.41 Å². The van der Waals surface area contributed by atoms with E-state index in [1.54, 1.807) is 0 Å². The van der Waals surface area contributed by atoms with Crippen LogP contribution in [0.2, 0.25) is 0 Å². The van der Waals surface area contributed by atoms with E-state index >= 15 is 0 Å². The van der Waals surface area contributed by atoms with E-state index in [2.05, 4.69) is 226 Å². The van der Waals surface area contributed by atoms with Crippen molar-refractivity contribution in [3.63, 3.8) is 0 Å². The number of hydrogen-bond donors (Lipinski definition) is 0. The Bertz CT molecular complexity index is 3610. The van der Waals surface area contributed by atoms with Crippen LogP contribution < -0.4 is 9.80 Å². The summed E-state index contributed by atoms with van der Waals surface area (Å²) in [7, 11) is 0. The van der Waals surface area contributed by atoms with Crippen LogP contribution in [0.3, 0.4) is 0 Å². The van der Waals surface area contributed by atoms with Gasteiger partial charge in [-0.3, -0.25) is 0 Å². The number of para-hydroxylation sites is 2. The lowest BCUT2D eigenvalue weighted by Gasteiger charge is -2.42. The van der Waals surface area contributed by atoms with E-state index in [4.69, 9.17) is 8.83 Å². The average Bonchev–Trinajstić information content (AvgIpc) is 4.16. The lowest BCUT2D eigenvalue weighted by atomic mass is 9.64. The maximum atomic E-state index is 7.57. The minimum Gasteiger partial charge on any atom is -0.460 e. The zero-order valence-electron chi connectivity index (χ0n) is 41.0. The molecule has 0 N–H and O–H groups in total. The molecular weight excluding hydrogens is 865 g/mol. The smallest absolute Gasteiger partial charge is 0.141 e. The molecule has 0 radical (unpaired) electrons. The van der Waals surface area contributed by atoms with E-state index in [-0.39, 0.29) is 17.9 Å². The van der Waals surface area contributed by atoms with E-state index in [0.717, 1.165) is 76.9 Å². The number of furan rings is 2. The summed E-state index contributed by atoms with van der Waals surface area (Å²) in [5, 5.41) is 2.28. The van der Waals surface area contributed by atoms with Crippen molar-refractivity contribution in [3.8, 4) is 11.1 Å². The SMILES string of the molecule is CC(C)C1=CCC(N(C2=CC3C(c4oc5c(c42)CCC=C5)c2c(cc(N(C4=CC=CCC4)c4ccc(C(C)C)cc4)c4c2oc2ccccc24)C32c3ccccc3-c3ccccc32)c2ccccc2)C=C1. The van der Waals surface area contributed by atoms with Crippen molar-refractivity contribution in [2.45, 2.75) is 83.1 Å². The quantitative estimate of drug-likeness (QED) is 0.152. The predicted molar refractivity (Wildman–Crippen MR) is 293 cm³/mol. The first-order valence-electron chi connectivity index (χ1n) is 26.1. The lowest BCUT2D eigenvalue weighted by Crippen LogP contribution is -2.39. The third kappa shape index (κ3) is 6.16. The number of benzene rings is 6. The van der Waals surface area contributed by atoms with Crippen LogP contribution in [0.25, 0.3) is 44.8 Å². The van der Waals surface area contributed by atoms with E-state index in [1.165, 1.54) is 72.7 Å². The number of fused-ring (bicyclic) bond motifs is 18. The Balaban J connectivity index is 1.13. The molecule has 4 nitrogen and oxygen atoms in total. The fraction of sp³-hybridized carbons (Fsp3) is 0.224. The van der Waals surface area contributed by atoms with E-state index in [9.17, 15) is 0 Å². The van der Waals surface area contributed by atoms with Gasteiger partial charge in [0.2, 0.25) is 0 Å². The second-order valence-corrected chi connectivity index (χ2v) is 21.2. The molecule has 1 spiro atoms. The van der Waals surface area contributed by atoms with Crippen LogP contribution in [0.5, 0.6) is 0 Å². The molecule has 0 bridgehead atoms. The maximum Gasteiger partial charge on any atom is 0.141 e. The number of anilines is 3. The standard InChI is InChI=1S/C67H58N2O2/c1-41(2)43-31-35-47(36-32-43)68(45-19-7-5-8-20-45)57-39-55-63(65-61(57)51-25-13-17-29-59(51)70-65)64-56(67(55)53-27-15-11-23-49(53)50-24-12-16-28-54(50)67)40-58(62-52-26-14-18-30-60(52)71-66(62)64)69(46-21-9-6-10-22-46)48-37-33-44(34-38-48)42(3)4/h5-9,11-12,14-21,23-24,26-35,37-42,47,55,63H,10,13,22,25,36H2,1-4H3. The Hall–Kier alpha value is -7.56. The van der Waals surface area contributed by atoms with Crippen LogP contribution >= 0.6 is 0 Å². The van der Waals surface area contributed by atoms with Crippen molar-refractivity contribution in [1.82, 2.24) is 0 Å². The van der Waals surface area contributed by atoms with Gasteiger partial charge in [0.05, 0.1) is 28.4 Å². The van der Waals surface area contributed by atoms with Gasteiger partial charge in [0.1, 0.15) is 22.7 Å². The van der Waals surface area contributed by atoms with Gasteiger partial charge in [-0.15, -0.1) is 0 Å². The predicted octanol–water partition coefficient (Wildman–Crippen LogP) is 17.5. The highest BCUT2D eigenvalue weighted by atomic mass is 16.3. The zero-order chi connectivity index (χ0) is 47.5. The molecular formula is C67H58N2O2. The van der Waals surface area contributed by atoms with Crippen LogP contribution in [0.4, 0.5) is 17.1 Å². The Morgan fingerprint density at radius 3 is 2.13 bits per heavy atom. The van der Waals surface area contributed by atoms with Crippen molar-refractivity contribution < 1.29 is 8.83 Å². The van der Waals surface area contributed by atoms with Gasteiger partial charge in [0, 0.05) is 50.8 Å². The summed E-state index contributed by atoms with van der Waals surface area (Å²) in [5.41, 5.74) is 20.4. The third-order valence-electron chi connectivity index (χ3n) is 16.8. The largest absolute Gasteiger partial charge is 0.460 e. The van der Waals surface area contributed by atoms with Gasteiger partial charge in [0.15, 0.2) is 0 Å². The van der Waals surface area contributed by atoms with Crippen LogP contribution in [0.15, 0.2) is 202 Å². The van der Waals surface area contributed by atoms with Crippen molar-refractivity contribution in [1.29, 1.82) is 0 Å². The van der Waals surface area contributed by atoms with Gasteiger partial charge >= 0.3 is 0 Å². The monoisotopic (exact) mass is 922 g/mol. The van der Waals surface area contributed by atoms with Crippen LogP contribution in [-0.4, -0.2) is 6.04 Å². The van der Waals surface area contributed by atoms with Gasteiger partial charge < -0.3 is 18.6 Å². The fourth-order valence-electron chi connectivity index (χ4n) is 13.6. The van der Waals surface area contributed by atoms with Crippen molar-refractivity contribution >= 4 is 50.8 Å². The first kappa shape index (κ1) is 42.3. The Kier molecular flexibility index (Phi) is 9.69. The summed E-state index contributed by atoms with van der Waals surface area (Å²) in [6.07, 6.45) is 26.2. The van der Waals surface area contributed by atoms with Gasteiger partial charge in [-0.2, -0.15) is 0 Å². The minimum absolute atomic E-state index is 0.0794. The number of allylic oxidation sites excluding steroid dienone is 8. The van der Waals surface area contributed by atoms with Gasteiger partial charge in [-0.05, 0) is 131 Å². The average molecular weight is 923 g/mol. The summed E-state index contributed by atoms with van der Waals surface area (Å²) in [6.45, 7) is 9.16. The summed E-state index contributed by atoms with van der Waals surface area (Å²) in [6, 6.07) is 50.4. The molecule has 0 amide bonds. The summed E-state index contributed by atoms with van der Waals surface area (Å²) < 4.78 is 15.1. The molecule has 2 aromatic heterocycles. The summed E-state index contributed by atoms with van der Waals surface area (Å²) >= 11 is 0. The maximum absolute atomic E-state index is 7.57. The Morgan fingerprint density at radius 2 is 1.41 bits per heavy atom. The molecule has 0 aliphatic heterocycles. The van der Waals surface area contributed by atoms with Crippen molar-refractivity contribution in [3.05, 3.63) is 244 Å². The molecule has 0 fully saturated rings. The van der Waals surface area contributed by atoms with Crippen molar-refractivity contribution in [2.75, 3.05) is 9.80 Å². The molecule has 6 aromatic carbocycles. The highest BCUT2D eigenvalue weighted by Crippen LogP contribution is 2.70. The summed E-state index contributed by atoms with van der Waals surface area (Å²) in [5.74, 6) is 2.70. The highest BCUT2D eigenvalue weighted by molar-refractivity contribution is 6.15.